The van der Waals surface area contributed by atoms with Gasteiger partial charge in [-0.05, 0) is 61.5 Å². The molecule has 1 aliphatic rings. The predicted molar refractivity (Wildman–Crippen MR) is 149 cm³/mol. The molecule has 0 spiro atoms. The lowest BCUT2D eigenvalue weighted by atomic mass is 10.2. The van der Waals surface area contributed by atoms with Crippen LogP contribution >= 0.6 is 23.5 Å². The zero-order valence-electron chi connectivity index (χ0n) is 22.2. The molecule has 1 heterocycles. The van der Waals surface area contributed by atoms with Crippen LogP contribution in [0.3, 0.4) is 0 Å². The number of carbonyl (C=O) groups excluding carboxylic acids is 1. The van der Waals surface area contributed by atoms with Gasteiger partial charge in [0.05, 0.1) is 7.11 Å². The first-order chi connectivity index (χ1) is 16.0. The summed E-state index contributed by atoms with van der Waals surface area (Å²) in [5, 5.41) is 0.874. The van der Waals surface area contributed by atoms with E-state index in [0.29, 0.717) is 5.75 Å². The highest BCUT2D eigenvalue weighted by molar-refractivity contribution is 8.14. The van der Waals surface area contributed by atoms with E-state index in [1.807, 2.05) is 30.8 Å². The van der Waals surface area contributed by atoms with Crippen molar-refractivity contribution in [3.8, 4) is 5.75 Å². The van der Waals surface area contributed by atoms with Gasteiger partial charge < -0.3 is 13.9 Å². The van der Waals surface area contributed by atoms with Crippen molar-refractivity contribution in [2.24, 2.45) is 4.99 Å². The van der Waals surface area contributed by atoms with Crippen molar-refractivity contribution in [3.05, 3.63) is 24.3 Å². The maximum Gasteiger partial charge on any atom is 0.331 e. The van der Waals surface area contributed by atoms with Gasteiger partial charge in [0.15, 0.2) is 14.4 Å². The molecule has 3 atom stereocenters. The Morgan fingerprint density at radius 3 is 2.47 bits per heavy atom. The average Bonchev–Trinajstić information content (AvgIpc) is 3.27. The number of rotatable bonds is 13. The number of nitrogens with zero attached hydrogens (tertiary/aromatic N) is 1. The first-order valence-corrected chi connectivity index (χ1v) is 17.2. The van der Waals surface area contributed by atoms with E-state index in [1.165, 1.54) is 37.7 Å². The van der Waals surface area contributed by atoms with Gasteiger partial charge in [0, 0.05) is 10.6 Å². The summed E-state index contributed by atoms with van der Waals surface area (Å²) in [7, 11) is -0.695. The summed E-state index contributed by atoms with van der Waals surface area (Å²) in [4.78, 5) is 18.0. The fourth-order valence-corrected chi connectivity index (χ4v) is 6.69. The molecular weight excluding hydrogens is 483 g/mol. The van der Waals surface area contributed by atoms with E-state index >= 15 is 0 Å². The molecular formula is C26H43NO4S2Si. The molecule has 2 rings (SSSR count). The monoisotopic (exact) mass is 525 g/mol. The predicted octanol–water partition coefficient (Wildman–Crippen LogP) is 7.20. The van der Waals surface area contributed by atoms with E-state index in [4.69, 9.17) is 13.9 Å². The Kier molecular flexibility index (Phi) is 11.5. The van der Waals surface area contributed by atoms with Crippen LogP contribution in [-0.2, 0) is 14.0 Å². The molecule has 0 saturated heterocycles. The first kappa shape index (κ1) is 29.3. The number of aliphatic imine (C=N–C) groups is 1. The van der Waals surface area contributed by atoms with E-state index in [-0.39, 0.29) is 23.2 Å². The van der Waals surface area contributed by atoms with Crippen molar-refractivity contribution in [2.45, 2.75) is 102 Å². The third-order valence-electron chi connectivity index (χ3n) is 6.46. The van der Waals surface area contributed by atoms with Gasteiger partial charge in [-0.2, -0.15) is 0 Å². The molecule has 5 nitrogen and oxygen atoms in total. The number of esters is 1. The molecule has 0 fully saturated rings. The number of hydrogen-bond donors (Lipinski definition) is 0. The molecule has 0 N–H and O–H groups in total. The quantitative estimate of drug-likeness (QED) is 0.117. The summed E-state index contributed by atoms with van der Waals surface area (Å²) in [6, 6.07) is 7.86. The number of methoxy groups -OCH3 is 1. The van der Waals surface area contributed by atoms with E-state index in [1.54, 1.807) is 11.8 Å². The maximum atomic E-state index is 12.0. The zero-order chi connectivity index (χ0) is 25.4. The smallest absolute Gasteiger partial charge is 0.331 e. The number of unbranched alkanes of at least 4 members (excludes halogenated alkanes) is 3. The molecule has 1 aromatic carbocycles. The topological polar surface area (TPSA) is 57.1 Å². The largest absolute Gasteiger partial charge is 0.488 e. The van der Waals surface area contributed by atoms with Crippen molar-refractivity contribution >= 4 is 42.9 Å². The van der Waals surface area contributed by atoms with Crippen molar-refractivity contribution in [2.75, 3.05) is 18.6 Å². The number of hydrogen-bond acceptors (Lipinski definition) is 7. The van der Waals surface area contributed by atoms with Crippen LogP contribution < -0.4 is 4.74 Å². The van der Waals surface area contributed by atoms with Crippen LogP contribution in [0.4, 0.5) is 0 Å². The lowest BCUT2D eigenvalue weighted by Gasteiger charge is -2.40. The SMILES string of the molecule is CCCCCCSc1ccc(OC(C)C(O[Si](C)(C)C(C)(C)C)C2=NC(C(=O)OC)CS2)cc1. The first-order valence-electron chi connectivity index (χ1n) is 12.3. The Balaban J connectivity index is 2.11. The maximum absolute atomic E-state index is 12.0. The average molecular weight is 526 g/mol. The number of carbonyl (C=O) groups is 1. The molecule has 34 heavy (non-hydrogen) atoms. The zero-order valence-corrected chi connectivity index (χ0v) is 24.8. The standard InChI is InChI=1S/C26H43NO4S2Si/c1-9-10-11-12-17-32-21-15-13-20(14-16-21)30-19(2)23(31-34(7,8)26(3,4)5)24-27-22(18-33-24)25(28)29-6/h13-16,19,22-23H,9-12,17-18H2,1-8H3. The van der Waals surface area contributed by atoms with Crippen LogP contribution in [0.5, 0.6) is 5.75 Å². The fourth-order valence-electron chi connectivity index (χ4n) is 3.26. The summed E-state index contributed by atoms with van der Waals surface area (Å²) in [6.45, 7) is 15.4. The molecule has 0 saturated carbocycles. The Morgan fingerprint density at radius 2 is 1.88 bits per heavy atom. The molecule has 0 aromatic heterocycles. The third kappa shape index (κ3) is 8.61. The third-order valence-corrected chi connectivity index (χ3v) is 13.1. The molecule has 1 aromatic rings. The summed E-state index contributed by atoms with van der Waals surface area (Å²) in [5.74, 6) is 2.25. The summed E-state index contributed by atoms with van der Waals surface area (Å²) in [5.41, 5.74) is 0. The molecule has 192 valence electrons. The fraction of sp³-hybridized carbons (Fsp3) is 0.692. The highest BCUT2D eigenvalue weighted by atomic mass is 32.2. The van der Waals surface area contributed by atoms with Crippen LogP contribution in [0.2, 0.25) is 18.1 Å². The van der Waals surface area contributed by atoms with Crippen molar-refractivity contribution < 1.29 is 18.7 Å². The minimum absolute atomic E-state index is 0.0482. The summed E-state index contributed by atoms with van der Waals surface area (Å²) in [6.07, 6.45) is 4.57. The van der Waals surface area contributed by atoms with Gasteiger partial charge in [0.25, 0.3) is 0 Å². The van der Waals surface area contributed by atoms with E-state index in [2.05, 4.69) is 57.9 Å². The van der Waals surface area contributed by atoms with Gasteiger partial charge in [0.1, 0.15) is 23.0 Å². The molecule has 0 amide bonds. The molecule has 8 heteroatoms. The van der Waals surface area contributed by atoms with Gasteiger partial charge >= 0.3 is 5.97 Å². The van der Waals surface area contributed by atoms with Crippen molar-refractivity contribution in [1.82, 2.24) is 0 Å². The molecule has 0 aliphatic carbocycles. The molecule has 0 radical (unpaired) electrons. The van der Waals surface area contributed by atoms with Crippen LogP contribution in [0.15, 0.2) is 34.2 Å². The normalized spacial score (nSPS) is 18.4. The van der Waals surface area contributed by atoms with Crippen LogP contribution in [0, 0.1) is 0 Å². The van der Waals surface area contributed by atoms with E-state index in [0.717, 1.165) is 16.5 Å². The second-order valence-corrected chi connectivity index (χ2v) is 17.3. The van der Waals surface area contributed by atoms with Gasteiger partial charge in [-0.1, -0.05) is 47.0 Å². The Bertz CT molecular complexity index is 808. The number of ether oxygens (including phenoxy) is 2. The van der Waals surface area contributed by atoms with Gasteiger partial charge in [0.2, 0.25) is 0 Å². The highest BCUT2D eigenvalue weighted by Crippen LogP contribution is 2.39. The van der Waals surface area contributed by atoms with Crippen LogP contribution in [0.25, 0.3) is 0 Å². The van der Waals surface area contributed by atoms with Crippen LogP contribution in [-0.4, -0.2) is 56.2 Å². The second-order valence-electron chi connectivity index (χ2n) is 10.3. The second kappa shape index (κ2) is 13.4. The number of thioether (sulfide) groups is 2. The summed E-state index contributed by atoms with van der Waals surface area (Å²) >= 11 is 3.47. The van der Waals surface area contributed by atoms with E-state index < -0.39 is 14.4 Å². The van der Waals surface area contributed by atoms with Crippen LogP contribution in [0.1, 0.15) is 60.3 Å². The summed E-state index contributed by atoms with van der Waals surface area (Å²) < 4.78 is 18.1. The van der Waals surface area contributed by atoms with Gasteiger partial charge in [-0.15, -0.1) is 23.5 Å². The lowest BCUT2D eigenvalue weighted by molar-refractivity contribution is -0.141. The lowest BCUT2D eigenvalue weighted by Crippen LogP contribution is -2.50. The molecule has 0 bridgehead atoms. The van der Waals surface area contributed by atoms with E-state index in [9.17, 15) is 4.79 Å². The Labute approximate surface area is 216 Å². The molecule has 3 unspecified atom stereocenters. The van der Waals surface area contributed by atoms with Crippen molar-refractivity contribution in [1.29, 1.82) is 0 Å². The Morgan fingerprint density at radius 1 is 1.21 bits per heavy atom. The Hall–Kier alpha value is -0.963. The minimum atomic E-state index is -2.10. The van der Waals surface area contributed by atoms with Crippen molar-refractivity contribution in [3.63, 3.8) is 0 Å². The van der Waals surface area contributed by atoms with Gasteiger partial charge in [-0.3, -0.25) is 4.99 Å². The number of benzene rings is 1. The molecule has 1 aliphatic heterocycles. The van der Waals surface area contributed by atoms with Gasteiger partial charge in [-0.25, -0.2) is 4.79 Å². The minimum Gasteiger partial charge on any atom is -0.488 e. The highest BCUT2D eigenvalue weighted by Gasteiger charge is 2.43.